The second-order valence-electron chi connectivity index (χ2n) is 5.37. The first-order chi connectivity index (χ1) is 9.22. The highest BCUT2D eigenvalue weighted by Crippen LogP contribution is 2.40. The molecule has 0 aliphatic heterocycles. The van der Waals surface area contributed by atoms with Gasteiger partial charge in [-0.2, -0.15) is 0 Å². The van der Waals surface area contributed by atoms with Gasteiger partial charge in [-0.15, -0.1) is 0 Å². The van der Waals surface area contributed by atoms with E-state index in [2.05, 4.69) is 22.5 Å². The van der Waals surface area contributed by atoms with Crippen LogP contribution < -0.4 is 10.5 Å². The molecule has 0 bridgehead atoms. The second-order valence-corrected chi connectivity index (χ2v) is 5.37. The summed E-state index contributed by atoms with van der Waals surface area (Å²) in [7, 11) is 0. The van der Waals surface area contributed by atoms with E-state index in [0.29, 0.717) is 24.5 Å². The Labute approximate surface area is 113 Å². The maximum atomic E-state index is 6.16. The Morgan fingerprint density at radius 3 is 2.95 bits per heavy atom. The monoisotopic (exact) mass is 259 g/mol. The van der Waals surface area contributed by atoms with Crippen molar-refractivity contribution in [3.8, 4) is 5.75 Å². The number of nitrogens with zero attached hydrogens (tertiary/aromatic N) is 2. The number of benzene rings is 1. The molecule has 1 aromatic heterocycles. The van der Waals surface area contributed by atoms with E-state index in [4.69, 9.17) is 10.5 Å². The lowest BCUT2D eigenvalue weighted by molar-refractivity contribution is 0.343. The number of hydrogen-bond acceptors (Lipinski definition) is 3. The lowest BCUT2D eigenvalue weighted by Crippen LogP contribution is -2.14. The Morgan fingerprint density at radius 2 is 2.26 bits per heavy atom. The number of nitrogen functional groups attached to an aromatic ring is 1. The topological polar surface area (TPSA) is 53.1 Å². The molecule has 2 atom stereocenters. The number of para-hydroxylation sites is 1. The molecule has 0 spiro atoms. The quantitative estimate of drug-likeness (QED) is 0.919. The first-order valence-corrected chi connectivity index (χ1v) is 7.11. The molecule has 1 fully saturated rings. The van der Waals surface area contributed by atoms with Crippen LogP contribution in [0.15, 0.2) is 18.2 Å². The Morgan fingerprint density at radius 1 is 1.42 bits per heavy atom. The minimum Gasteiger partial charge on any atom is -0.492 e. The molecule has 0 amide bonds. The van der Waals surface area contributed by atoms with E-state index in [1.54, 1.807) is 0 Å². The molecule has 4 nitrogen and oxygen atoms in total. The summed E-state index contributed by atoms with van der Waals surface area (Å²) in [6, 6.07) is 6.54. The normalized spacial score (nSPS) is 23.1. The van der Waals surface area contributed by atoms with Gasteiger partial charge in [0.15, 0.2) is 0 Å². The molecule has 1 aliphatic rings. The number of rotatable bonds is 3. The van der Waals surface area contributed by atoms with Crippen LogP contribution in [-0.4, -0.2) is 16.2 Å². The molecule has 1 aliphatic carbocycles. The highest BCUT2D eigenvalue weighted by molar-refractivity contribution is 5.84. The average Bonchev–Trinajstić information content (AvgIpc) is 2.93. The van der Waals surface area contributed by atoms with Crippen LogP contribution in [-0.2, 0) is 0 Å². The minimum absolute atomic E-state index is 0.474. The third-order valence-electron chi connectivity index (χ3n) is 4.16. The Kier molecular flexibility index (Phi) is 3.09. The van der Waals surface area contributed by atoms with Gasteiger partial charge in [0, 0.05) is 6.04 Å². The highest BCUT2D eigenvalue weighted by atomic mass is 16.5. The lowest BCUT2D eigenvalue weighted by Gasteiger charge is -2.19. The number of aromatic nitrogens is 2. The van der Waals surface area contributed by atoms with Crippen molar-refractivity contribution in [2.24, 2.45) is 5.92 Å². The number of ether oxygens (including phenoxy) is 1. The van der Waals surface area contributed by atoms with Crippen molar-refractivity contribution in [2.45, 2.75) is 39.2 Å². The van der Waals surface area contributed by atoms with Crippen molar-refractivity contribution >= 4 is 17.0 Å². The summed E-state index contributed by atoms with van der Waals surface area (Å²) in [6.07, 6.45) is 3.74. The molecule has 1 heterocycles. The van der Waals surface area contributed by atoms with E-state index in [9.17, 15) is 0 Å². The van der Waals surface area contributed by atoms with E-state index in [-0.39, 0.29) is 0 Å². The molecule has 0 radical (unpaired) electrons. The van der Waals surface area contributed by atoms with Crippen molar-refractivity contribution in [3.63, 3.8) is 0 Å². The maximum absolute atomic E-state index is 6.16. The number of hydrogen-bond donors (Lipinski definition) is 1. The van der Waals surface area contributed by atoms with Crippen molar-refractivity contribution in [1.29, 1.82) is 0 Å². The van der Waals surface area contributed by atoms with Crippen LogP contribution >= 0.6 is 0 Å². The average molecular weight is 259 g/mol. The third kappa shape index (κ3) is 1.95. The maximum Gasteiger partial charge on any atom is 0.201 e. The van der Waals surface area contributed by atoms with Crippen molar-refractivity contribution in [2.75, 3.05) is 12.3 Å². The summed E-state index contributed by atoms with van der Waals surface area (Å²) in [6.45, 7) is 4.93. The molecule has 2 aromatic rings. The number of fused-ring (bicyclic) bond motifs is 1. The summed E-state index contributed by atoms with van der Waals surface area (Å²) >= 11 is 0. The molecule has 3 rings (SSSR count). The summed E-state index contributed by atoms with van der Waals surface area (Å²) in [5.74, 6) is 2.10. The first kappa shape index (κ1) is 12.3. The van der Waals surface area contributed by atoms with Gasteiger partial charge in [-0.05, 0) is 37.8 Å². The Balaban J connectivity index is 2.14. The third-order valence-corrected chi connectivity index (χ3v) is 4.16. The second kappa shape index (κ2) is 4.76. The van der Waals surface area contributed by atoms with Gasteiger partial charge in [-0.3, -0.25) is 0 Å². The van der Waals surface area contributed by atoms with E-state index in [0.717, 1.165) is 16.8 Å². The zero-order valence-electron chi connectivity index (χ0n) is 11.6. The molecule has 0 saturated heterocycles. The van der Waals surface area contributed by atoms with Crippen LogP contribution in [0.5, 0.6) is 5.75 Å². The van der Waals surface area contributed by atoms with Gasteiger partial charge in [-0.25, -0.2) is 4.98 Å². The lowest BCUT2D eigenvalue weighted by atomic mass is 10.1. The van der Waals surface area contributed by atoms with Crippen molar-refractivity contribution in [1.82, 2.24) is 9.55 Å². The van der Waals surface area contributed by atoms with Crippen LogP contribution in [0.1, 0.15) is 39.2 Å². The molecular formula is C15H21N3O. The molecule has 2 N–H and O–H groups in total. The predicted molar refractivity (Wildman–Crippen MR) is 77.4 cm³/mol. The van der Waals surface area contributed by atoms with E-state index >= 15 is 0 Å². The molecule has 1 aromatic carbocycles. The van der Waals surface area contributed by atoms with Crippen molar-refractivity contribution in [3.05, 3.63) is 18.2 Å². The highest BCUT2D eigenvalue weighted by Gasteiger charge is 2.28. The predicted octanol–water partition coefficient (Wildman–Crippen LogP) is 3.38. The van der Waals surface area contributed by atoms with Crippen LogP contribution in [0, 0.1) is 5.92 Å². The van der Waals surface area contributed by atoms with Gasteiger partial charge in [0.2, 0.25) is 5.95 Å². The van der Waals surface area contributed by atoms with Gasteiger partial charge in [0.25, 0.3) is 0 Å². The number of anilines is 1. The van der Waals surface area contributed by atoms with Crippen LogP contribution in [0.2, 0.25) is 0 Å². The Hall–Kier alpha value is -1.71. The molecule has 2 unspecified atom stereocenters. The summed E-state index contributed by atoms with van der Waals surface area (Å²) in [5, 5.41) is 0. The van der Waals surface area contributed by atoms with Crippen LogP contribution in [0.4, 0.5) is 5.95 Å². The largest absolute Gasteiger partial charge is 0.492 e. The number of nitrogens with two attached hydrogens (primary N) is 1. The molecular weight excluding hydrogens is 238 g/mol. The van der Waals surface area contributed by atoms with Crippen LogP contribution in [0.3, 0.4) is 0 Å². The molecule has 4 heteroatoms. The minimum atomic E-state index is 0.474. The van der Waals surface area contributed by atoms with Gasteiger partial charge in [0.05, 0.1) is 12.1 Å². The standard InChI is InChI=1S/C15H21N3O/c1-3-19-13-9-5-8-12-14(13)17-15(16)18(12)11-7-4-6-10(11)2/h5,8-11H,3-4,6-7H2,1-2H3,(H2,16,17). The van der Waals surface area contributed by atoms with E-state index in [1.807, 2.05) is 19.1 Å². The molecule has 102 valence electrons. The van der Waals surface area contributed by atoms with Gasteiger partial charge < -0.3 is 15.0 Å². The Bertz CT molecular complexity index is 590. The number of imidazole rings is 1. The fraction of sp³-hybridized carbons (Fsp3) is 0.533. The smallest absolute Gasteiger partial charge is 0.201 e. The summed E-state index contributed by atoms with van der Waals surface area (Å²) in [5.41, 5.74) is 8.15. The fourth-order valence-electron chi connectivity index (χ4n) is 3.24. The van der Waals surface area contributed by atoms with Crippen LogP contribution in [0.25, 0.3) is 11.0 Å². The SMILES string of the molecule is CCOc1cccc2c1nc(N)n2C1CCCC1C. The summed E-state index contributed by atoms with van der Waals surface area (Å²) in [4.78, 5) is 4.53. The van der Waals surface area contributed by atoms with Crippen molar-refractivity contribution < 1.29 is 4.74 Å². The summed E-state index contributed by atoms with van der Waals surface area (Å²) < 4.78 is 7.85. The zero-order chi connectivity index (χ0) is 13.4. The van der Waals surface area contributed by atoms with E-state index in [1.165, 1.54) is 19.3 Å². The zero-order valence-corrected chi connectivity index (χ0v) is 11.6. The van der Waals surface area contributed by atoms with E-state index < -0.39 is 0 Å². The van der Waals surface area contributed by atoms with Gasteiger partial charge in [-0.1, -0.05) is 19.4 Å². The molecule has 1 saturated carbocycles. The first-order valence-electron chi connectivity index (χ1n) is 7.11. The fourth-order valence-corrected chi connectivity index (χ4v) is 3.24. The van der Waals surface area contributed by atoms with Gasteiger partial charge >= 0.3 is 0 Å². The van der Waals surface area contributed by atoms with Gasteiger partial charge in [0.1, 0.15) is 11.3 Å². The molecule has 19 heavy (non-hydrogen) atoms.